The lowest BCUT2D eigenvalue weighted by Crippen LogP contribution is -2.27. The summed E-state index contributed by atoms with van der Waals surface area (Å²) in [5.41, 5.74) is 2.46. The number of para-hydroxylation sites is 1. The van der Waals surface area contributed by atoms with Crippen LogP contribution in [0.5, 0.6) is 0 Å². The van der Waals surface area contributed by atoms with Gasteiger partial charge in [-0.2, -0.15) is 4.68 Å². The second-order valence-electron chi connectivity index (χ2n) is 6.46. The molecule has 0 aliphatic rings. The smallest absolute Gasteiger partial charge is 0.238 e. The zero-order chi connectivity index (χ0) is 20.8. The maximum atomic E-state index is 13.1. The normalized spacial score (nSPS) is 11.8. The number of aromatic nitrogens is 4. The Kier molecular flexibility index (Phi) is 6.14. The molecule has 1 heterocycles. The molecule has 3 aromatic carbocycles. The molecule has 6 nitrogen and oxygen atoms in total. The SMILES string of the molecule is O=C(NCc1ccc(F)cc1)[C@H](Sc1nnnn1-c1ccccc1)c1ccccc1. The van der Waals surface area contributed by atoms with Gasteiger partial charge in [0.1, 0.15) is 11.1 Å². The molecule has 0 bridgehead atoms. The average molecular weight is 419 g/mol. The number of benzene rings is 3. The fraction of sp³-hybridized carbons (Fsp3) is 0.0909. The van der Waals surface area contributed by atoms with Gasteiger partial charge in [-0.3, -0.25) is 4.79 Å². The van der Waals surface area contributed by atoms with Gasteiger partial charge in [0.25, 0.3) is 0 Å². The monoisotopic (exact) mass is 419 g/mol. The lowest BCUT2D eigenvalue weighted by Gasteiger charge is -2.16. The van der Waals surface area contributed by atoms with E-state index in [2.05, 4.69) is 20.8 Å². The van der Waals surface area contributed by atoms with Crippen LogP contribution in [-0.4, -0.2) is 26.1 Å². The van der Waals surface area contributed by atoms with Crippen molar-refractivity contribution < 1.29 is 9.18 Å². The van der Waals surface area contributed by atoms with Crippen LogP contribution < -0.4 is 5.32 Å². The standard InChI is InChI=1S/C22H18FN5OS/c23-18-13-11-16(12-14-18)15-24-21(29)20(17-7-3-1-4-8-17)30-22-25-26-27-28(22)19-9-5-2-6-10-19/h1-14,20H,15H2,(H,24,29)/t20-/m1/s1. The number of halogens is 1. The van der Waals surface area contributed by atoms with Crippen molar-refractivity contribution in [2.75, 3.05) is 0 Å². The van der Waals surface area contributed by atoms with Crippen molar-refractivity contribution >= 4 is 17.7 Å². The number of rotatable bonds is 7. The quantitative estimate of drug-likeness (QED) is 0.459. The Hall–Kier alpha value is -3.52. The van der Waals surface area contributed by atoms with Gasteiger partial charge in [0.2, 0.25) is 11.1 Å². The molecule has 1 N–H and O–H groups in total. The molecule has 1 aromatic heterocycles. The summed E-state index contributed by atoms with van der Waals surface area (Å²) in [6, 6.07) is 25.0. The van der Waals surface area contributed by atoms with Crippen molar-refractivity contribution in [1.29, 1.82) is 0 Å². The third-order valence-corrected chi connectivity index (χ3v) is 5.57. The van der Waals surface area contributed by atoms with Crippen molar-refractivity contribution in [3.63, 3.8) is 0 Å². The van der Waals surface area contributed by atoms with Crippen molar-refractivity contribution in [3.05, 3.63) is 102 Å². The Morgan fingerprint density at radius 2 is 1.63 bits per heavy atom. The minimum Gasteiger partial charge on any atom is -0.351 e. The Bertz CT molecular complexity index is 1100. The molecule has 0 spiro atoms. The molecular weight excluding hydrogens is 401 g/mol. The maximum absolute atomic E-state index is 13.1. The molecule has 0 aliphatic heterocycles. The van der Waals surface area contributed by atoms with E-state index >= 15 is 0 Å². The minimum absolute atomic E-state index is 0.182. The summed E-state index contributed by atoms with van der Waals surface area (Å²) in [4.78, 5) is 13.1. The van der Waals surface area contributed by atoms with Crippen LogP contribution in [0.4, 0.5) is 4.39 Å². The first-order chi connectivity index (χ1) is 14.7. The molecule has 0 fully saturated rings. The highest BCUT2D eigenvalue weighted by atomic mass is 32.2. The van der Waals surface area contributed by atoms with Gasteiger partial charge in [-0.1, -0.05) is 72.4 Å². The molecular formula is C22H18FN5OS. The van der Waals surface area contributed by atoms with E-state index in [1.54, 1.807) is 16.8 Å². The largest absolute Gasteiger partial charge is 0.351 e. The van der Waals surface area contributed by atoms with Crippen LogP contribution >= 0.6 is 11.8 Å². The number of nitrogens with one attached hydrogen (secondary N) is 1. The van der Waals surface area contributed by atoms with Crippen LogP contribution in [0.15, 0.2) is 90.1 Å². The molecule has 0 aliphatic carbocycles. The first-order valence-corrected chi connectivity index (χ1v) is 10.2. The first kappa shape index (κ1) is 19.8. The second-order valence-corrected chi connectivity index (χ2v) is 7.53. The average Bonchev–Trinajstić information content (AvgIpc) is 3.26. The van der Waals surface area contributed by atoms with Crippen LogP contribution in [0.25, 0.3) is 5.69 Å². The van der Waals surface area contributed by atoms with E-state index in [4.69, 9.17) is 0 Å². The summed E-state index contributed by atoms with van der Waals surface area (Å²) < 4.78 is 14.7. The maximum Gasteiger partial charge on any atom is 0.238 e. The lowest BCUT2D eigenvalue weighted by molar-refractivity contribution is -0.120. The van der Waals surface area contributed by atoms with Gasteiger partial charge in [-0.25, -0.2) is 4.39 Å². The van der Waals surface area contributed by atoms with Crippen molar-refractivity contribution in [2.45, 2.75) is 17.0 Å². The number of hydrogen-bond acceptors (Lipinski definition) is 5. The number of tetrazole rings is 1. The molecule has 30 heavy (non-hydrogen) atoms. The molecule has 8 heteroatoms. The van der Waals surface area contributed by atoms with Gasteiger partial charge in [-0.05, 0) is 45.8 Å². The third kappa shape index (κ3) is 4.72. The highest BCUT2D eigenvalue weighted by molar-refractivity contribution is 8.00. The number of thioether (sulfide) groups is 1. The van der Waals surface area contributed by atoms with E-state index in [9.17, 15) is 9.18 Å². The predicted octanol–water partition coefficient (Wildman–Crippen LogP) is 3.95. The van der Waals surface area contributed by atoms with E-state index in [1.165, 1.54) is 23.9 Å². The van der Waals surface area contributed by atoms with E-state index in [0.717, 1.165) is 16.8 Å². The van der Waals surface area contributed by atoms with Crippen LogP contribution in [0.3, 0.4) is 0 Å². The number of amides is 1. The van der Waals surface area contributed by atoms with Crippen LogP contribution in [-0.2, 0) is 11.3 Å². The van der Waals surface area contributed by atoms with E-state index in [0.29, 0.717) is 11.7 Å². The number of hydrogen-bond donors (Lipinski definition) is 1. The van der Waals surface area contributed by atoms with Crippen molar-refractivity contribution in [3.8, 4) is 5.69 Å². The molecule has 1 amide bonds. The minimum atomic E-state index is -0.555. The summed E-state index contributed by atoms with van der Waals surface area (Å²) in [6.07, 6.45) is 0. The molecule has 0 saturated carbocycles. The van der Waals surface area contributed by atoms with E-state index < -0.39 is 5.25 Å². The van der Waals surface area contributed by atoms with Gasteiger partial charge in [0.05, 0.1) is 5.69 Å². The Morgan fingerprint density at radius 3 is 2.33 bits per heavy atom. The predicted molar refractivity (Wildman–Crippen MR) is 112 cm³/mol. The molecule has 150 valence electrons. The van der Waals surface area contributed by atoms with Crippen molar-refractivity contribution in [1.82, 2.24) is 25.5 Å². The van der Waals surface area contributed by atoms with Gasteiger partial charge in [0, 0.05) is 6.54 Å². The lowest BCUT2D eigenvalue weighted by atomic mass is 10.1. The Balaban J connectivity index is 1.56. The topological polar surface area (TPSA) is 72.7 Å². The number of carbonyl (C=O) groups excluding carboxylic acids is 1. The molecule has 0 unspecified atom stereocenters. The Labute approximate surface area is 177 Å². The fourth-order valence-electron chi connectivity index (χ4n) is 2.87. The second kappa shape index (κ2) is 9.32. The number of nitrogens with zero attached hydrogens (tertiary/aromatic N) is 4. The van der Waals surface area contributed by atoms with Gasteiger partial charge < -0.3 is 5.32 Å². The molecule has 1 atom stereocenters. The highest BCUT2D eigenvalue weighted by Crippen LogP contribution is 2.34. The Morgan fingerprint density at radius 1 is 0.967 bits per heavy atom. The molecule has 0 saturated heterocycles. The van der Waals surface area contributed by atoms with Crippen molar-refractivity contribution in [2.24, 2.45) is 0 Å². The summed E-state index contributed by atoms with van der Waals surface area (Å²) in [7, 11) is 0. The van der Waals surface area contributed by atoms with Gasteiger partial charge >= 0.3 is 0 Å². The summed E-state index contributed by atoms with van der Waals surface area (Å²) in [5.74, 6) is -0.492. The number of carbonyl (C=O) groups is 1. The zero-order valence-corrected chi connectivity index (χ0v) is 16.7. The van der Waals surface area contributed by atoms with E-state index in [1.807, 2.05) is 60.7 Å². The summed E-state index contributed by atoms with van der Waals surface area (Å²) in [6.45, 7) is 0.298. The molecule has 4 rings (SSSR count). The van der Waals surface area contributed by atoms with Crippen LogP contribution in [0.2, 0.25) is 0 Å². The van der Waals surface area contributed by atoms with Crippen LogP contribution in [0.1, 0.15) is 16.4 Å². The fourth-order valence-corrected chi connectivity index (χ4v) is 3.89. The summed E-state index contributed by atoms with van der Waals surface area (Å²) >= 11 is 1.27. The summed E-state index contributed by atoms with van der Waals surface area (Å²) in [5, 5.41) is 14.8. The van der Waals surface area contributed by atoms with E-state index in [-0.39, 0.29) is 11.7 Å². The zero-order valence-electron chi connectivity index (χ0n) is 15.9. The highest BCUT2D eigenvalue weighted by Gasteiger charge is 2.25. The first-order valence-electron chi connectivity index (χ1n) is 9.28. The third-order valence-electron chi connectivity index (χ3n) is 4.39. The van der Waals surface area contributed by atoms with Gasteiger partial charge in [0.15, 0.2) is 0 Å². The molecule has 4 aromatic rings. The van der Waals surface area contributed by atoms with Crippen LogP contribution in [0, 0.1) is 5.82 Å². The molecule has 0 radical (unpaired) electrons. The van der Waals surface area contributed by atoms with Gasteiger partial charge in [-0.15, -0.1) is 5.10 Å².